The minimum atomic E-state index is -1.35. The van der Waals surface area contributed by atoms with Crippen LogP contribution in [0.4, 0.5) is 8.78 Å². The number of hydrogen-bond donors (Lipinski definition) is 0. The van der Waals surface area contributed by atoms with Crippen molar-refractivity contribution in [2.45, 2.75) is 37.6 Å². The molecule has 204 valence electrons. The number of amidine groups is 1. The third-order valence-electron chi connectivity index (χ3n) is 8.33. The van der Waals surface area contributed by atoms with Crippen molar-refractivity contribution in [3.8, 4) is 0 Å². The lowest BCUT2D eigenvalue weighted by molar-refractivity contribution is -0.130. The van der Waals surface area contributed by atoms with E-state index >= 15 is 0 Å². The van der Waals surface area contributed by atoms with E-state index in [4.69, 9.17) is 4.99 Å². The summed E-state index contributed by atoms with van der Waals surface area (Å²) in [7, 11) is 0. The van der Waals surface area contributed by atoms with Crippen LogP contribution in [0.1, 0.15) is 48.8 Å². The largest absolute Gasteiger partial charge is 0.303 e. The van der Waals surface area contributed by atoms with Crippen LogP contribution in [-0.4, -0.2) is 52.7 Å². The molecule has 7 heteroatoms. The Morgan fingerprint density at radius 3 is 2.15 bits per heavy atom. The molecule has 0 bridgehead atoms. The Morgan fingerprint density at radius 1 is 0.875 bits per heavy atom. The van der Waals surface area contributed by atoms with Gasteiger partial charge in [-0.1, -0.05) is 42.5 Å². The molecular formula is C33H32F2N4O. The Hall–Kier alpha value is -3.97. The summed E-state index contributed by atoms with van der Waals surface area (Å²) >= 11 is 0. The van der Waals surface area contributed by atoms with Crippen LogP contribution in [0.25, 0.3) is 10.9 Å². The fraction of sp³-hybridized carbons (Fsp3) is 0.303. The number of nitrogens with zero attached hydrogens (tertiary/aromatic N) is 4. The first-order chi connectivity index (χ1) is 19.4. The number of carbonyl (C=O) groups excluding carboxylic acids is 1. The summed E-state index contributed by atoms with van der Waals surface area (Å²) < 4.78 is 27.5. The highest BCUT2D eigenvalue weighted by atomic mass is 19.1. The van der Waals surface area contributed by atoms with Crippen molar-refractivity contribution in [2.75, 3.05) is 26.2 Å². The highest BCUT2D eigenvalue weighted by Crippen LogP contribution is 2.40. The average Bonchev–Trinajstić information content (AvgIpc) is 3.23. The van der Waals surface area contributed by atoms with E-state index in [0.717, 1.165) is 44.4 Å². The molecule has 0 N–H and O–H groups in total. The molecule has 0 spiro atoms. The molecule has 2 aliphatic heterocycles. The van der Waals surface area contributed by atoms with Gasteiger partial charge in [0, 0.05) is 18.1 Å². The van der Waals surface area contributed by atoms with Gasteiger partial charge in [-0.25, -0.2) is 13.8 Å². The molecule has 0 aliphatic carbocycles. The molecule has 3 aromatic carbocycles. The molecule has 0 saturated carbocycles. The second kappa shape index (κ2) is 10.9. The Morgan fingerprint density at radius 2 is 1.50 bits per heavy atom. The van der Waals surface area contributed by atoms with Crippen LogP contribution >= 0.6 is 0 Å². The second-order valence-electron chi connectivity index (χ2n) is 10.8. The highest BCUT2D eigenvalue weighted by molar-refractivity contribution is 6.09. The molecule has 2 aliphatic rings. The molecular weight excluding hydrogens is 506 g/mol. The SMILES string of the molecule is CC1=NC(c2ccc(F)cc2)(c2ccc(F)cc2)C(=O)N1CCCN1CCC(c2cnc3ccccc3c2)CC1. The number of carbonyl (C=O) groups is 1. The number of aliphatic imine (C=N–C) groups is 1. The predicted octanol–water partition coefficient (Wildman–Crippen LogP) is 6.29. The van der Waals surface area contributed by atoms with Gasteiger partial charge in [0.1, 0.15) is 17.5 Å². The number of rotatable bonds is 7. The van der Waals surface area contributed by atoms with Gasteiger partial charge in [-0.15, -0.1) is 0 Å². The number of hydrogen-bond acceptors (Lipinski definition) is 4. The highest BCUT2D eigenvalue weighted by Gasteiger charge is 2.49. The molecule has 1 saturated heterocycles. The Bertz CT molecular complexity index is 1500. The number of aromatic nitrogens is 1. The van der Waals surface area contributed by atoms with E-state index in [1.165, 1.54) is 35.2 Å². The predicted molar refractivity (Wildman–Crippen MR) is 153 cm³/mol. The zero-order valence-electron chi connectivity index (χ0n) is 22.6. The average molecular weight is 539 g/mol. The summed E-state index contributed by atoms with van der Waals surface area (Å²) in [5.74, 6) is 0.158. The van der Waals surface area contributed by atoms with Gasteiger partial charge in [0.15, 0.2) is 5.54 Å². The van der Waals surface area contributed by atoms with Crippen LogP contribution in [0, 0.1) is 11.6 Å². The molecule has 5 nitrogen and oxygen atoms in total. The molecule has 6 rings (SSSR count). The standard InChI is InChI=1S/C33H32F2N4O/c1-23-37-33(27-7-11-29(34)12-8-27,28-9-13-30(35)14-10-28)32(40)39(23)18-4-17-38-19-15-24(16-20-38)26-21-25-5-2-3-6-31(25)36-22-26/h2-3,5-14,21-22,24H,4,15-20H2,1H3. The molecule has 3 heterocycles. The van der Waals surface area contributed by atoms with Crippen LogP contribution in [-0.2, 0) is 10.3 Å². The van der Waals surface area contributed by atoms with Crippen LogP contribution in [0.3, 0.4) is 0 Å². The van der Waals surface area contributed by atoms with Gasteiger partial charge in [0.05, 0.1) is 5.52 Å². The number of likely N-dealkylation sites (tertiary alicyclic amines) is 1. The van der Waals surface area contributed by atoms with Crippen LogP contribution < -0.4 is 0 Å². The van der Waals surface area contributed by atoms with E-state index in [-0.39, 0.29) is 17.5 Å². The minimum Gasteiger partial charge on any atom is -0.303 e. The molecule has 0 radical (unpaired) electrons. The minimum absolute atomic E-state index is 0.189. The number of para-hydroxylation sites is 1. The van der Waals surface area contributed by atoms with Crippen molar-refractivity contribution in [3.05, 3.63) is 113 Å². The first kappa shape index (κ1) is 26.3. The summed E-state index contributed by atoms with van der Waals surface area (Å²) in [4.78, 5) is 27.7. The Kier molecular flexibility index (Phi) is 7.15. The van der Waals surface area contributed by atoms with Gasteiger partial charge in [-0.05, 0) is 105 Å². The summed E-state index contributed by atoms with van der Waals surface area (Å²) in [5, 5.41) is 1.19. The zero-order chi connectivity index (χ0) is 27.7. The first-order valence-corrected chi connectivity index (χ1v) is 13.9. The normalized spacial score (nSPS) is 17.9. The third kappa shape index (κ3) is 4.90. The molecule has 1 fully saturated rings. The quantitative estimate of drug-likeness (QED) is 0.278. The van der Waals surface area contributed by atoms with E-state index in [1.807, 2.05) is 25.3 Å². The lowest BCUT2D eigenvalue weighted by atomic mass is 9.82. The number of amides is 1. The second-order valence-corrected chi connectivity index (χ2v) is 10.8. The molecule has 0 atom stereocenters. The summed E-state index contributed by atoms with van der Waals surface area (Å²) in [6.07, 6.45) is 5.00. The third-order valence-corrected chi connectivity index (χ3v) is 8.33. The number of piperidine rings is 1. The van der Waals surface area contributed by atoms with Crippen molar-refractivity contribution < 1.29 is 13.6 Å². The van der Waals surface area contributed by atoms with Crippen molar-refractivity contribution in [1.82, 2.24) is 14.8 Å². The fourth-order valence-corrected chi connectivity index (χ4v) is 6.14. The molecule has 40 heavy (non-hydrogen) atoms. The van der Waals surface area contributed by atoms with Crippen molar-refractivity contribution in [3.63, 3.8) is 0 Å². The van der Waals surface area contributed by atoms with Gasteiger partial charge in [-0.2, -0.15) is 0 Å². The van der Waals surface area contributed by atoms with E-state index in [1.54, 1.807) is 29.2 Å². The maximum Gasteiger partial charge on any atom is 0.265 e. The van der Waals surface area contributed by atoms with Crippen LogP contribution in [0.2, 0.25) is 0 Å². The van der Waals surface area contributed by atoms with Gasteiger partial charge in [0.25, 0.3) is 5.91 Å². The monoisotopic (exact) mass is 538 g/mol. The topological polar surface area (TPSA) is 48.8 Å². The maximum atomic E-state index is 14.0. The lowest BCUT2D eigenvalue weighted by Crippen LogP contribution is -2.43. The van der Waals surface area contributed by atoms with Crippen molar-refractivity contribution in [1.29, 1.82) is 0 Å². The van der Waals surface area contributed by atoms with E-state index in [0.29, 0.717) is 29.4 Å². The zero-order valence-corrected chi connectivity index (χ0v) is 22.6. The Labute approximate surface area is 233 Å². The summed E-state index contributed by atoms with van der Waals surface area (Å²) in [6, 6.07) is 22.2. The number of halogens is 2. The molecule has 4 aromatic rings. The summed E-state index contributed by atoms with van der Waals surface area (Å²) in [6.45, 7) is 5.27. The van der Waals surface area contributed by atoms with Gasteiger partial charge in [-0.3, -0.25) is 14.7 Å². The lowest BCUT2D eigenvalue weighted by Gasteiger charge is -2.32. The van der Waals surface area contributed by atoms with E-state index in [2.05, 4.69) is 28.1 Å². The fourth-order valence-electron chi connectivity index (χ4n) is 6.14. The van der Waals surface area contributed by atoms with Crippen LogP contribution in [0.5, 0.6) is 0 Å². The number of pyridine rings is 1. The van der Waals surface area contributed by atoms with E-state index < -0.39 is 5.54 Å². The van der Waals surface area contributed by atoms with Crippen molar-refractivity contribution >= 4 is 22.6 Å². The van der Waals surface area contributed by atoms with Gasteiger partial charge in [0.2, 0.25) is 0 Å². The maximum absolute atomic E-state index is 14.0. The van der Waals surface area contributed by atoms with Crippen LogP contribution in [0.15, 0.2) is 90.1 Å². The molecule has 1 aromatic heterocycles. The molecule has 0 unspecified atom stereocenters. The number of benzene rings is 3. The number of fused-ring (bicyclic) bond motifs is 1. The summed E-state index contributed by atoms with van der Waals surface area (Å²) in [5.41, 5.74) is 2.13. The van der Waals surface area contributed by atoms with Gasteiger partial charge >= 0.3 is 0 Å². The first-order valence-electron chi connectivity index (χ1n) is 13.9. The Balaban J connectivity index is 1.10. The molecule has 1 amide bonds. The van der Waals surface area contributed by atoms with E-state index in [9.17, 15) is 13.6 Å². The smallest absolute Gasteiger partial charge is 0.265 e. The van der Waals surface area contributed by atoms with Crippen molar-refractivity contribution in [2.24, 2.45) is 4.99 Å². The van der Waals surface area contributed by atoms with Gasteiger partial charge < -0.3 is 4.90 Å².